The molecule has 0 fully saturated rings. The number of carbonyl (C=O) groups excluding carboxylic acids is 1. The first-order valence-electron chi connectivity index (χ1n) is 5.53. The third kappa shape index (κ3) is 4.65. The van der Waals surface area contributed by atoms with Gasteiger partial charge in [-0.2, -0.15) is 11.8 Å². The maximum Gasteiger partial charge on any atom is 0.326 e. The molecule has 0 aliphatic carbocycles. The normalized spacial score (nSPS) is 11.9. The molecule has 0 radical (unpaired) electrons. The number of nitrogen functional groups attached to an aromatic ring is 1. The number of hydrogen-bond acceptors (Lipinski definition) is 4. The van der Waals surface area contributed by atoms with Crippen LogP contribution in [0.25, 0.3) is 0 Å². The molecule has 1 rings (SSSR count). The van der Waals surface area contributed by atoms with Crippen LogP contribution in [0.2, 0.25) is 5.02 Å². The Hall–Kier alpha value is -1.40. The lowest BCUT2D eigenvalue weighted by molar-refractivity contribution is -0.139. The van der Waals surface area contributed by atoms with Crippen molar-refractivity contribution in [2.45, 2.75) is 12.5 Å². The molecule has 4 N–H and O–H groups in total. The summed E-state index contributed by atoms with van der Waals surface area (Å²) < 4.78 is 0. The Kier molecular flexibility index (Phi) is 5.98. The standard InChI is InChI=1S/C12H15ClN2O3S/c1-19-5-4-10(12(17)18)15-11(16)7-2-3-9(14)8(13)6-7/h2-3,6,10H,4-5,14H2,1H3,(H,15,16)(H,17,18)/t10-/m1/s1. The molecule has 0 spiro atoms. The molecule has 0 unspecified atom stereocenters. The van der Waals surface area contributed by atoms with Crippen LogP contribution in [0, 0.1) is 0 Å². The number of carboxylic acids is 1. The van der Waals surface area contributed by atoms with E-state index in [1.54, 1.807) is 0 Å². The van der Waals surface area contributed by atoms with Gasteiger partial charge in [0.25, 0.3) is 5.91 Å². The Morgan fingerprint density at radius 1 is 1.53 bits per heavy atom. The zero-order valence-electron chi connectivity index (χ0n) is 10.4. The summed E-state index contributed by atoms with van der Waals surface area (Å²) in [5.41, 5.74) is 6.20. The minimum Gasteiger partial charge on any atom is -0.480 e. The minimum atomic E-state index is -1.05. The van der Waals surface area contributed by atoms with Crippen LogP contribution < -0.4 is 11.1 Å². The van der Waals surface area contributed by atoms with Crippen molar-refractivity contribution in [1.29, 1.82) is 0 Å². The minimum absolute atomic E-state index is 0.267. The quantitative estimate of drug-likeness (QED) is 0.698. The highest BCUT2D eigenvalue weighted by Crippen LogP contribution is 2.19. The number of nitrogens with one attached hydrogen (secondary N) is 1. The Bertz CT molecular complexity index is 482. The zero-order chi connectivity index (χ0) is 14.4. The van der Waals surface area contributed by atoms with Gasteiger partial charge < -0.3 is 16.2 Å². The summed E-state index contributed by atoms with van der Waals surface area (Å²) in [4.78, 5) is 22.9. The SMILES string of the molecule is CSCC[C@@H](NC(=O)c1ccc(N)c(Cl)c1)C(=O)O. The molecule has 7 heteroatoms. The second-order valence-electron chi connectivity index (χ2n) is 3.88. The number of thioether (sulfide) groups is 1. The number of halogens is 1. The molecule has 1 aromatic rings. The number of benzene rings is 1. The monoisotopic (exact) mass is 302 g/mol. The second-order valence-corrected chi connectivity index (χ2v) is 5.27. The number of carbonyl (C=O) groups is 2. The van der Waals surface area contributed by atoms with E-state index in [4.69, 9.17) is 22.4 Å². The molecular weight excluding hydrogens is 288 g/mol. The van der Waals surface area contributed by atoms with Gasteiger partial charge in [-0.25, -0.2) is 4.79 Å². The van der Waals surface area contributed by atoms with Gasteiger partial charge in [0.1, 0.15) is 6.04 Å². The van der Waals surface area contributed by atoms with E-state index in [0.717, 1.165) is 0 Å². The summed E-state index contributed by atoms with van der Waals surface area (Å²) in [5.74, 6) is -0.876. The van der Waals surface area contributed by atoms with Crippen LogP contribution in [0.5, 0.6) is 0 Å². The first kappa shape index (κ1) is 15.7. The Morgan fingerprint density at radius 2 is 2.21 bits per heavy atom. The Morgan fingerprint density at radius 3 is 2.74 bits per heavy atom. The summed E-state index contributed by atoms with van der Waals surface area (Å²) >= 11 is 7.34. The number of anilines is 1. The van der Waals surface area contributed by atoms with Gasteiger partial charge in [-0.15, -0.1) is 0 Å². The maximum absolute atomic E-state index is 11.9. The van der Waals surface area contributed by atoms with Gasteiger partial charge in [-0.05, 0) is 36.6 Å². The zero-order valence-corrected chi connectivity index (χ0v) is 11.9. The van der Waals surface area contributed by atoms with Gasteiger partial charge in [0.15, 0.2) is 0 Å². The number of rotatable bonds is 6. The molecular formula is C12H15ClN2O3S. The van der Waals surface area contributed by atoms with Crippen molar-refractivity contribution in [1.82, 2.24) is 5.32 Å². The summed E-state index contributed by atoms with van der Waals surface area (Å²) in [6, 6.07) is 3.52. The van der Waals surface area contributed by atoms with Crippen molar-refractivity contribution >= 4 is 40.9 Å². The predicted molar refractivity (Wildman–Crippen MR) is 77.8 cm³/mol. The lowest BCUT2D eigenvalue weighted by atomic mass is 10.1. The average Bonchev–Trinajstić information content (AvgIpc) is 2.37. The molecule has 0 bridgehead atoms. The van der Waals surface area contributed by atoms with E-state index in [2.05, 4.69) is 5.32 Å². The largest absolute Gasteiger partial charge is 0.480 e. The van der Waals surface area contributed by atoms with Crippen molar-refractivity contribution < 1.29 is 14.7 Å². The highest BCUT2D eigenvalue weighted by molar-refractivity contribution is 7.98. The molecule has 0 aliphatic heterocycles. The van der Waals surface area contributed by atoms with E-state index in [-0.39, 0.29) is 10.6 Å². The molecule has 0 saturated carbocycles. The lowest BCUT2D eigenvalue weighted by Gasteiger charge is -2.14. The molecule has 1 aromatic carbocycles. The molecule has 19 heavy (non-hydrogen) atoms. The Labute approximate surface area is 120 Å². The van der Waals surface area contributed by atoms with Crippen LogP contribution in [0.3, 0.4) is 0 Å². The van der Waals surface area contributed by atoms with Crippen LogP contribution in [0.15, 0.2) is 18.2 Å². The highest BCUT2D eigenvalue weighted by Gasteiger charge is 2.20. The molecule has 0 aliphatic rings. The fraction of sp³-hybridized carbons (Fsp3) is 0.333. The van der Waals surface area contributed by atoms with Crippen LogP contribution in [0.1, 0.15) is 16.8 Å². The summed E-state index contributed by atoms with van der Waals surface area (Å²) in [7, 11) is 0. The van der Waals surface area contributed by atoms with Gasteiger partial charge in [0.2, 0.25) is 0 Å². The van der Waals surface area contributed by atoms with E-state index >= 15 is 0 Å². The molecule has 104 valence electrons. The summed E-state index contributed by atoms with van der Waals surface area (Å²) in [6.07, 6.45) is 2.24. The van der Waals surface area contributed by atoms with E-state index in [1.807, 2.05) is 6.26 Å². The van der Waals surface area contributed by atoms with Crippen LogP contribution >= 0.6 is 23.4 Å². The molecule has 5 nitrogen and oxygen atoms in total. The molecule has 0 saturated heterocycles. The smallest absolute Gasteiger partial charge is 0.326 e. The fourth-order valence-corrected chi connectivity index (χ4v) is 2.05. The van der Waals surface area contributed by atoms with Crippen LogP contribution in [-0.2, 0) is 4.79 Å². The Balaban J connectivity index is 2.75. The molecule has 1 atom stereocenters. The van der Waals surface area contributed by atoms with Crippen molar-refractivity contribution in [2.75, 3.05) is 17.7 Å². The maximum atomic E-state index is 11.9. The lowest BCUT2D eigenvalue weighted by Crippen LogP contribution is -2.41. The fourth-order valence-electron chi connectivity index (χ4n) is 1.40. The van der Waals surface area contributed by atoms with E-state index in [9.17, 15) is 9.59 Å². The number of aliphatic carboxylic acids is 1. The number of amides is 1. The van der Waals surface area contributed by atoms with Crippen molar-refractivity contribution in [3.8, 4) is 0 Å². The third-order valence-corrected chi connectivity index (χ3v) is 3.45. The van der Waals surface area contributed by atoms with Crippen molar-refractivity contribution in [2.24, 2.45) is 0 Å². The molecule has 0 aromatic heterocycles. The summed E-state index contributed by atoms with van der Waals surface area (Å²) in [5, 5.41) is 11.8. The first-order chi connectivity index (χ1) is 8.95. The summed E-state index contributed by atoms with van der Waals surface area (Å²) in [6.45, 7) is 0. The topological polar surface area (TPSA) is 92.4 Å². The van der Waals surface area contributed by atoms with Gasteiger partial charge in [0, 0.05) is 5.56 Å². The van der Waals surface area contributed by atoms with Crippen LogP contribution in [-0.4, -0.2) is 35.0 Å². The second kappa shape index (κ2) is 7.25. The number of hydrogen-bond donors (Lipinski definition) is 3. The van der Waals surface area contributed by atoms with Gasteiger partial charge in [-0.1, -0.05) is 11.6 Å². The average molecular weight is 303 g/mol. The van der Waals surface area contributed by atoms with Gasteiger partial charge in [0.05, 0.1) is 10.7 Å². The third-order valence-electron chi connectivity index (χ3n) is 2.48. The van der Waals surface area contributed by atoms with E-state index < -0.39 is 17.9 Å². The number of nitrogens with two attached hydrogens (primary N) is 1. The molecule has 1 amide bonds. The van der Waals surface area contributed by atoms with Crippen molar-refractivity contribution in [3.05, 3.63) is 28.8 Å². The van der Waals surface area contributed by atoms with E-state index in [0.29, 0.717) is 17.9 Å². The van der Waals surface area contributed by atoms with Gasteiger partial charge in [-0.3, -0.25) is 4.79 Å². The van der Waals surface area contributed by atoms with E-state index in [1.165, 1.54) is 30.0 Å². The van der Waals surface area contributed by atoms with Gasteiger partial charge >= 0.3 is 5.97 Å². The predicted octanol–water partition coefficient (Wildman–Crippen LogP) is 1.86. The number of carboxylic acid groups (broad SMARTS) is 1. The first-order valence-corrected chi connectivity index (χ1v) is 7.30. The van der Waals surface area contributed by atoms with Crippen molar-refractivity contribution in [3.63, 3.8) is 0 Å². The highest BCUT2D eigenvalue weighted by atomic mass is 35.5. The van der Waals surface area contributed by atoms with Crippen LogP contribution in [0.4, 0.5) is 5.69 Å². The molecule has 0 heterocycles.